The lowest BCUT2D eigenvalue weighted by atomic mass is 10.1. The Morgan fingerprint density at radius 3 is 2.92 bits per heavy atom. The zero-order valence-electron chi connectivity index (χ0n) is 7.25. The smallest absolute Gasteiger partial charge is 0.230 e. The first-order chi connectivity index (χ1) is 5.65. The largest absolute Gasteiger partial charge is 0.327 e. The van der Waals surface area contributed by atoms with E-state index in [0.717, 1.165) is 6.42 Å². The molecule has 12 heavy (non-hydrogen) atoms. The third-order valence-electron chi connectivity index (χ3n) is 2.06. The van der Waals surface area contributed by atoms with Gasteiger partial charge in [-0.15, -0.1) is 0 Å². The van der Waals surface area contributed by atoms with E-state index in [-0.39, 0.29) is 17.9 Å². The van der Waals surface area contributed by atoms with E-state index in [2.05, 4.69) is 0 Å². The molecule has 1 heterocycles. The fourth-order valence-corrected chi connectivity index (χ4v) is 1.31. The molecule has 1 aliphatic heterocycles. The molecule has 0 spiro atoms. The first-order valence-electron chi connectivity index (χ1n) is 4.24. The van der Waals surface area contributed by atoms with E-state index in [1.54, 1.807) is 6.92 Å². The molecule has 0 aliphatic carbocycles. The SMILES string of the molecule is CCC(=O)N1CCC(N)CC1=O. The van der Waals surface area contributed by atoms with Gasteiger partial charge >= 0.3 is 0 Å². The average molecular weight is 170 g/mol. The molecular formula is C8H14N2O2. The van der Waals surface area contributed by atoms with E-state index < -0.39 is 0 Å². The van der Waals surface area contributed by atoms with E-state index in [0.29, 0.717) is 19.4 Å². The summed E-state index contributed by atoms with van der Waals surface area (Å²) in [7, 11) is 0. The molecule has 0 saturated carbocycles. The van der Waals surface area contributed by atoms with Crippen molar-refractivity contribution in [1.29, 1.82) is 0 Å². The van der Waals surface area contributed by atoms with E-state index in [1.807, 2.05) is 0 Å². The van der Waals surface area contributed by atoms with Crippen molar-refractivity contribution in [3.8, 4) is 0 Å². The quantitative estimate of drug-likeness (QED) is 0.596. The van der Waals surface area contributed by atoms with Gasteiger partial charge in [0.05, 0.1) is 0 Å². The summed E-state index contributed by atoms with van der Waals surface area (Å²) in [4.78, 5) is 23.7. The maximum absolute atomic E-state index is 11.2. The fraction of sp³-hybridized carbons (Fsp3) is 0.750. The summed E-state index contributed by atoms with van der Waals surface area (Å²) in [6, 6.07) is -0.0570. The highest BCUT2D eigenvalue weighted by molar-refractivity contribution is 5.95. The van der Waals surface area contributed by atoms with Gasteiger partial charge < -0.3 is 5.73 Å². The van der Waals surface area contributed by atoms with E-state index in [1.165, 1.54) is 4.90 Å². The van der Waals surface area contributed by atoms with Crippen molar-refractivity contribution in [3.63, 3.8) is 0 Å². The van der Waals surface area contributed by atoms with Crippen LogP contribution >= 0.6 is 0 Å². The number of carbonyl (C=O) groups is 2. The second-order valence-corrected chi connectivity index (χ2v) is 3.05. The molecule has 2 N–H and O–H groups in total. The number of nitrogens with two attached hydrogens (primary N) is 1. The van der Waals surface area contributed by atoms with Gasteiger partial charge in [-0.2, -0.15) is 0 Å². The number of rotatable bonds is 1. The Morgan fingerprint density at radius 1 is 1.75 bits per heavy atom. The minimum absolute atomic E-state index is 0.0570. The van der Waals surface area contributed by atoms with Crippen LogP contribution in [0, 0.1) is 0 Å². The van der Waals surface area contributed by atoms with Gasteiger partial charge in [0.15, 0.2) is 0 Å². The lowest BCUT2D eigenvalue weighted by Crippen LogP contribution is -2.46. The molecule has 0 aromatic rings. The van der Waals surface area contributed by atoms with Crippen LogP contribution in [0.1, 0.15) is 26.2 Å². The van der Waals surface area contributed by atoms with Crippen LogP contribution in [-0.2, 0) is 9.59 Å². The predicted octanol–water partition coefficient (Wildman–Crippen LogP) is -0.127. The van der Waals surface area contributed by atoms with Crippen molar-refractivity contribution in [2.24, 2.45) is 5.73 Å². The summed E-state index contributed by atoms with van der Waals surface area (Å²) in [5.41, 5.74) is 5.57. The van der Waals surface area contributed by atoms with Gasteiger partial charge in [-0.1, -0.05) is 6.92 Å². The highest BCUT2D eigenvalue weighted by atomic mass is 16.2. The third-order valence-corrected chi connectivity index (χ3v) is 2.06. The fourth-order valence-electron chi connectivity index (χ4n) is 1.31. The average Bonchev–Trinajstić information content (AvgIpc) is 2.03. The zero-order chi connectivity index (χ0) is 9.14. The minimum Gasteiger partial charge on any atom is -0.327 e. The van der Waals surface area contributed by atoms with Crippen molar-refractivity contribution in [2.45, 2.75) is 32.2 Å². The Morgan fingerprint density at radius 2 is 2.42 bits per heavy atom. The summed E-state index contributed by atoms with van der Waals surface area (Å²) < 4.78 is 0. The van der Waals surface area contributed by atoms with E-state index in [4.69, 9.17) is 5.73 Å². The van der Waals surface area contributed by atoms with Crippen LogP contribution in [0.25, 0.3) is 0 Å². The number of amides is 2. The molecule has 1 rings (SSSR count). The molecule has 1 fully saturated rings. The molecular weight excluding hydrogens is 156 g/mol. The van der Waals surface area contributed by atoms with Crippen molar-refractivity contribution in [1.82, 2.24) is 4.90 Å². The van der Waals surface area contributed by atoms with Gasteiger partial charge in [-0.3, -0.25) is 14.5 Å². The Kier molecular flexibility index (Phi) is 2.81. The standard InChI is InChI=1S/C8H14N2O2/c1-2-7(11)10-4-3-6(9)5-8(10)12/h6H,2-5,9H2,1H3. The lowest BCUT2D eigenvalue weighted by Gasteiger charge is -2.27. The van der Waals surface area contributed by atoms with Gasteiger partial charge in [0, 0.05) is 25.4 Å². The van der Waals surface area contributed by atoms with Gasteiger partial charge in [0.1, 0.15) is 0 Å². The molecule has 4 nitrogen and oxygen atoms in total. The number of carbonyl (C=O) groups excluding carboxylic acids is 2. The number of hydrogen-bond acceptors (Lipinski definition) is 3. The minimum atomic E-state index is -0.124. The van der Waals surface area contributed by atoms with Crippen molar-refractivity contribution >= 4 is 11.8 Å². The molecule has 1 aliphatic rings. The van der Waals surface area contributed by atoms with Gasteiger partial charge in [0.2, 0.25) is 11.8 Å². The Balaban J connectivity index is 2.56. The molecule has 0 bridgehead atoms. The molecule has 0 aromatic heterocycles. The maximum Gasteiger partial charge on any atom is 0.230 e. The maximum atomic E-state index is 11.2. The van der Waals surface area contributed by atoms with Crippen LogP contribution in [0.2, 0.25) is 0 Å². The lowest BCUT2D eigenvalue weighted by molar-refractivity contribution is -0.146. The van der Waals surface area contributed by atoms with E-state index >= 15 is 0 Å². The first kappa shape index (κ1) is 9.19. The number of imide groups is 1. The van der Waals surface area contributed by atoms with E-state index in [9.17, 15) is 9.59 Å². The van der Waals surface area contributed by atoms with Crippen molar-refractivity contribution < 1.29 is 9.59 Å². The highest BCUT2D eigenvalue weighted by Crippen LogP contribution is 2.10. The second-order valence-electron chi connectivity index (χ2n) is 3.05. The van der Waals surface area contributed by atoms with Gasteiger partial charge in [-0.25, -0.2) is 0 Å². The van der Waals surface area contributed by atoms with Crippen LogP contribution in [0.3, 0.4) is 0 Å². The summed E-state index contributed by atoms with van der Waals surface area (Å²) >= 11 is 0. The molecule has 2 amide bonds. The topological polar surface area (TPSA) is 63.4 Å². The Hall–Kier alpha value is -0.900. The summed E-state index contributed by atoms with van der Waals surface area (Å²) in [6.07, 6.45) is 1.43. The highest BCUT2D eigenvalue weighted by Gasteiger charge is 2.26. The molecule has 1 saturated heterocycles. The second kappa shape index (κ2) is 3.67. The summed E-state index contributed by atoms with van der Waals surface area (Å²) in [5.74, 6) is -0.215. The summed E-state index contributed by atoms with van der Waals surface area (Å²) in [6.45, 7) is 2.25. The van der Waals surface area contributed by atoms with Gasteiger partial charge in [0.25, 0.3) is 0 Å². The van der Waals surface area contributed by atoms with Crippen LogP contribution in [0.4, 0.5) is 0 Å². The molecule has 1 unspecified atom stereocenters. The molecule has 0 radical (unpaired) electrons. The third kappa shape index (κ3) is 1.82. The number of piperidine rings is 1. The zero-order valence-corrected chi connectivity index (χ0v) is 7.25. The van der Waals surface area contributed by atoms with Crippen LogP contribution in [0.15, 0.2) is 0 Å². The van der Waals surface area contributed by atoms with Crippen molar-refractivity contribution in [2.75, 3.05) is 6.54 Å². The van der Waals surface area contributed by atoms with Crippen molar-refractivity contribution in [3.05, 3.63) is 0 Å². The molecule has 1 atom stereocenters. The Labute approximate surface area is 71.7 Å². The van der Waals surface area contributed by atoms with Crippen LogP contribution in [0.5, 0.6) is 0 Å². The Bertz CT molecular complexity index is 203. The molecule has 0 aromatic carbocycles. The van der Waals surface area contributed by atoms with Gasteiger partial charge in [-0.05, 0) is 6.42 Å². The van der Waals surface area contributed by atoms with Crippen LogP contribution < -0.4 is 5.73 Å². The molecule has 68 valence electrons. The predicted molar refractivity (Wildman–Crippen MR) is 44.2 cm³/mol. The molecule has 4 heteroatoms. The first-order valence-corrected chi connectivity index (χ1v) is 4.24. The number of hydrogen-bond donors (Lipinski definition) is 1. The number of nitrogens with zero attached hydrogens (tertiary/aromatic N) is 1. The summed E-state index contributed by atoms with van der Waals surface area (Å²) in [5, 5.41) is 0. The number of likely N-dealkylation sites (tertiary alicyclic amines) is 1. The monoisotopic (exact) mass is 170 g/mol. The normalized spacial score (nSPS) is 24.3. The van der Waals surface area contributed by atoms with Crippen LogP contribution in [-0.4, -0.2) is 29.3 Å².